The van der Waals surface area contributed by atoms with Gasteiger partial charge in [0.05, 0.1) is 22.3 Å². The van der Waals surface area contributed by atoms with Crippen LogP contribution in [0.25, 0.3) is 0 Å². The molecule has 2 amide bonds. The molecule has 0 aliphatic heterocycles. The highest BCUT2D eigenvalue weighted by Crippen LogP contribution is 2.17. The zero-order valence-electron chi connectivity index (χ0n) is 11.6. The van der Waals surface area contributed by atoms with Gasteiger partial charge < -0.3 is 15.3 Å². The molecule has 112 valence electrons. The van der Waals surface area contributed by atoms with Crippen molar-refractivity contribution in [1.29, 1.82) is 0 Å². The number of hydrogen-bond donors (Lipinski definition) is 2. The summed E-state index contributed by atoms with van der Waals surface area (Å²) in [5.41, 5.74) is 0.292. The number of aliphatic hydroxyl groups is 1. The van der Waals surface area contributed by atoms with Crippen LogP contribution in [0.2, 0.25) is 0 Å². The molecule has 0 aliphatic carbocycles. The molecule has 0 fully saturated rings. The largest absolute Gasteiger partial charge is 0.395 e. The lowest BCUT2D eigenvalue weighted by atomic mass is 10.3. The van der Waals surface area contributed by atoms with Crippen LogP contribution in [0.3, 0.4) is 0 Å². The summed E-state index contributed by atoms with van der Waals surface area (Å²) < 4.78 is 24.9. The predicted molar refractivity (Wildman–Crippen MR) is 76.7 cm³/mol. The standard InChI is InChI=1S/C13H19FN2O3S/c1-3-6-16(7-8-17)13(18)15-10-4-5-12(20(2)19)11(14)9-10/h4-5,9,17H,3,6-8H2,1-2H3,(H,15,18). The minimum atomic E-state index is -1.41. The number of nitrogens with zero attached hydrogens (tertiary/aromatic N) is 1. The molecule has 0 spiro atoms. The molecule has 1 atom stereocenters. The molecule has 2 N–H and O–H groups in total. The number of benzene rings is 1. The van der Waals surface area contributed by atoms with Crippen LogP contribution in [0.4, 0.5) is 14.9 Å². The van der Waals surface area contributed by atoms with Gasteiger partial charge in [-0.2, -0.15) is 0 Å². The summed E-state index contributed by atoms with van der Waals surface area (Å²) in [5, 5.41) is 11.5. The summed E-state index contributed by atoms with van der Waals surface area (Å²) in [6.45, 7) is 2.52. The van der Waals surface area contributed by atoms with Gasteiger partial charge in [0.1, 0.15) is 5.82 Å². The lowest BCUT2D eigenvalue weighted by molar-refractivity contribution is 0.188. The molecule has 0 aliphatic rings. The van der Waals surface area contributed by atoms with Crippen LogP contribution in [0.1, 0.15) is 13.3 Å². The Hall–Kier alpha value is -1.47. The number of nitrogens with one attached hydrogen (secondary N) is 1. The molecule has 20 heavy (non-hydrogen) atoms. The lowest BCUT2D eigenvalue weighted by Gasteiger charge is -2.21. The second-order valence-corrected chi connectivity index (χ2v) is 5.59. The fraction of sp³-hybridized carbons (Fsp3) is 0.462. The zero-order valence-corrected chi connectivity index (χ0v) is 12.4. The van der Waals surface area contributed by atoms with Crippen molar-refractivity contribution in [3.63, 3.8) is 0 Å². The first kappa shape index (κ1) is 16.6. The van der Waals surface area contributed by atoms with Gasteiger partial charge in [-0.15, -0.1) is 0 Å². The molecule has 0 saturated heterocycles. The molecule has 1 aromatic rings. The second-order valence-electron chi connectivity index (χ2n) is 4.24. The lowest BCUT2D eigenvalue weighted by Crippen LogP contribution is -2.37. The number of hydrogen-bond acceptors (Lipinski definition) is 3. The fourth-order valence-corrected chi connectivity index (χ4v) is 2.31. The molecular formula is C13H19FN2O3S. The summed E-state index contributed by atoms with van der Waals surface area (Å²) in [7, 11) is -1.41. The number of aliphatic hydroxyl groups excluding tert-OH is 1. The first-order chi connectivity index (χ1) is 9.49. The van der Waals surface area contributed by atoms with Crippen LogP contribution >= 0.6 is 0 Å². The van der Waals surface area contributed by atoms with Crippen LogP contribution in [0.5, 0.6) is 0 Å². The maximum Gasteiger partial charge on any atom is 0.321 e. The second kappa shape index (κ2) is 7.96. The van der Waals surface area contributed by atoms with Gasteiger partial charge >= 0.3 is 6.03 Å². The van der Waals surface area contributed by atoms with Crippen molar-refractivity contribution in [1.82, 2.24) is 4.90 Å². The van der Waals surface area contributed by atoms with E-state index in [9.17, 15) is 13.4 Å². The third kappa shape index (κ3) is 4.57. The molecule has 0 heterocycles. The Kier molecular flexibility index (Phi) is 6.60. The van der Waals surface area contributed by atoms with Gasteiger partial charge in [0, 0.05) is 25.0 Å². The summed E-state index contributed by atoms with van der Waals surface area (Å²) in [6, 6.07) is 3.63. The van der Waals surface area contributed by atoms with E-state index in [2.05, 4.69) is 5.32 Å². The maximum absolute atomic E-state index is 13.7. The Balaban J connectivity index is 2.79. The van der Waals surface area contributed by atoms with Gasteiger partial charge in [-0.1, -0.05) is 6.92 Å². The molecule has 1 unspecified atom stereocenters. The van der Waals surface area contributed by atoms with Gasteiger partial charge in [0.15, 0.2) is 0 Å². The van der Waals surface area contributed by atoms with Crippen molar-refractivity contribution in [2.75, 3.05) is 31.3 Å². The minimum Gasteiger partial charge on any atom is -0.395 e. The van der Waals surface area contributed by atoms with Gasteiger partial charge in [0.2, 0.25) is 0 Å². The number of urea groups is 1. The highest BCUT2D eigenvalue weighted by molar-refractivity contribution is 7.84. The topological polar surface area (TPSA) is 69.6 Å². The van der Waals surface area contributed by atoms with E-state index in [0.29, 0.717) is 12.2 Å². The van der Waals surface area contributed by atoms with E-state index in [-0.39, 0.29) is 18.0 Å². The van der Waals surface area contributed by atoms with E-state index in [1.54, 1.807) is 0 Å². The minimum absolute atomic E-state index is 0.101. The average Bonchev–Trinajstić information content (AvgIpc) is 2.38. The molecular weight excluding hydrogens is 283 g/mol. The van der Waals surface area contributed by atoms with Crippen molar-refractivity contribution in [3.05, 3.63) is 24.0 Å². The first-order valence-corrected chi connectivity index (χ1v) is 7.85. The van der Waals surface area contributed by atoms with E-state index >= 15 is 0 Å². The van der Waals surface area contributed by atoms with Crippen LogP contribution in [-0.2, 0) is 10.8 Å². The molecule has 5 nitrogen and oxygen atoms in total. The number of halogens is 1. The molecule has 1 rings (SSSR count). The van der Waals surface area contributed by atoms with Gasteiger partial charge in [-0.05, 0) is 24.6 Å². The van der Waals surface area contributed by atoms with Gasteiger partial charge in [0.25, 0.3) is 0 Å². The zero-order chi connectivity index (χ0) is 15.1. The Morgan fingerprint density at radius 1 is 1.45 bits per heavy atom. The Morgan fingerprint density at radius 2 is 2.15 bits per heavy atom. The molecule has 1 aromatic carbocycles. The van der Waals surface area contributed by atoms with Gasteiger partial charge in [-0.25, -0.2) is 9.18 Å². The Morgan fingerprint density at radius 3 is 2.65 bits per heavy atom. The van der Waals surface area contributed by atoms with Crippen LogP contribution < -0.4 is 5.32 Å². The van der Waals surface area contributed by atoms with E-state index in [0.717, 1.165) is 12.5 Å². The van der Waals surface area contributed by atoms with Crippen LogP contribution in [0, 0.1) is 5.82 Å². The monoisotopic (exact) mass is 302 g/mol. The Labute approximate surface area is 120 Å². The molecule has 7 heteroatoms. The van der Waals surface area contributed by atoms with Crippen molar-refractivity contribution in [2.45, 2.75) is 18.2 Å². The van der Waals surface area contributed by atoms with E-state index in [4.69, 9.17) is 5.11 Å². The number of anilines is 1. The average molecular weight is 302 g/mol. The smallest absolute Gasteiger partial charge is 0.321 e. The molecule has 0 radical (unpaired) electrons. The van der Waals surface area contributed by atoms with E-state index in [1.165, 1.54) is 23.3 Å². The van der Waals surface area contributed by atoms with Crippen LogP contribution in [-0.4, -0.2) is 46.2 Å². The quantitative estimate of drug-likeness (QED) is 0.842. The van der Waals surface area contributed by atoms with Crippen molar-refractivity contribution >= 4 is 22.5 Å². The number of amides is 2. The third-order valence-corrected chi connectivity index (χ3v) is 3.59. The summed E-state index contributed by atoms with van der Waals surface area (Å²) in [5.74, 6) is -0.618. The SMILES string of the molecule is CCCN(CCO)C(=O)Nc1ccc(S(C)=O)c(F)c1. The van der Waals surface area contributed by atoms with Crippen LogP contribution in [0.15, 0.2) is 23.1 Å². The number of rotatable bonds is 6. The third-order valence-electron chi connectivity index (χ3n) is 2.64. The van der Waals surface area contributed by atoms with E-state index < -0.39 is 22.6 Å². The molecule has 0 saturated carbocycles. The summed E-state index contributed by atoms with van der Waals surface area (Å²) in [6.07, 6.45) is 2.15. The van der Waals surface area contributed by atoms with Crippen molar-refractivity contribution in [3.8, 4) is 0 Å². The highest BCUT2D eigenvalue weighted by Gasteiger charge is 2.13. The number of carbonyl (C=O) groups excluding carboxylic acids is 1. The maximum atomic E-state index is 13.7. The summed E-state index contributed by atoms with van der Waals surface area (Å²) >= 11 is 0. The summed E-state index contributed by atoms with van der Waals surface area (Å²) in [4.78, 5) is 13.5. The fourth-order valence-electron chi connectivity index (χ4n) is 1.72. The van der Waals surface area contributed by atoms with Crippen molar-refractivity contribution in [2.24, 2.45) is 0 Å². The molecule has 0 bridgehead atoms. The van der Waals surface area contributed by atoms with Crippen molar-refractivity contribution < 1.29 is 18.5 Å². The first-order valence-electron chi connectivity index (χ1n) is 6.29. The van der Waals surface area contributed by atoms with E-state index in [1.807, 2.05) is 6.92 Å². The predicted octanol–water partition coefficient (Wildman–Crippen LogP) is 1.80. The molecule has 0 aromatic heterocycles. The highest BCUT2D eigenvalue weighted by atomic mass is 32.2. The number of carbonyl (C=O) groups is 1. The Bertz CT molecular complexity index is 491. The van der Waals surface area contributed by atoms with Gasteiger partial charge in [-0.3, -0.25) is 4.21 Å². The normalized spacial score (nSPS) is 12.0.